The van der Waals surface area contributed by atoms with Gasteiger partial charge in [-0.2, -0.15) is 0 Å². The summed E-state index contributed by atoms with van der Waals surface area (Å²) < 4.78 is 17.1. The Bertz CT molecular complexity index is 1410. The van der Waals surface area contributed by atoms with Gasteiger partial charge in [0.15, 0.2) is 0 Å². The number of benzene rings is 3. The summed E-state index contributed by atoms with van der Waals surface area (Å²) in [6.45, 7) is 7.55. The molecule has 1 unspecified atom stereocenters. The highest BCUT2D eigenvalue weighted by Crippen LogP contribution is 2.44. The molecule has 8 nitrogen and oxygen atoms in total. The fraction of sp³-hybridized carbons (Fsp3) is 0.290. The van der Waals surface area contributed by atoms with Crippen molar-refractivity contribution in [2.24, 2.45) is 0 Å². The number of amides is 1. The van der Waals surface area contributed by atoms with E-state index in [9.17, 15) is 14.7 Å². The van der Waals surface area contributed by atoms with Crippen LogP contribution in [-0.4, -0.2) is 49.7 Å². The number of likely N-dealkylation sites (N-methyl/N-ethyl adjacent to an activating group) is 1. The minimum absolute atomic E-state index is 0.00328. The van der Waals surface area contributed by atoms with E-state index in [4.69, 9.17) is 14.2 Å². The number of hydrogen-bond donors (Lipinski definition) is 1. The maximum absolute atomic E-state index is 13.5. The van der Waals surface area contributed by atoms with Crippen LogP contribution in [0.1, 0.15) is 37.9 Å². The van der Waals surface area contributed by atoms with Gasteiger partial charge in [-0.1, -0.05) is 12.1 Å². The Morgan fingerprint density at radius 2 is 1.72 bits per heavy atom. The lowest BCUT2D eigenvalue weighted by Crippen LogP contribution is -2.29. The Kier molecular flexibility index (Phi) is 7.19. The van der Waals surface area contributed by atoms with E-state index in [1.165, 1.54) is 4.90 Å². The molecule has 1 N–H and O–H groups in total. The normalized spacial score (nSPS) is 18.2. The Balaban J connectivity index is 1.63. The van der Waals surface area contributed by atoms with Gasteiger partial charge in [-0.05, 0) is 80.9 Å². The van der Waals surface area contributed by atoms with Gasteiger partial charge in [0.25, 0.3) is 11.7 Å². The van der Waals surface area contributed by atoms with E-state index in [1.54, 1.807) is 54.6 Å². The number of rotatable bonds is 7. The molecular formula is C31H32N2O6. The molecule has 1 fully saturated rings. The number of anilines is 2. The summed E-state index contributed by atoms with van der Waals surface area (Å²) in [6.07, 6.45) is -0.00328. The van der Waals surface area contributed by atoms with Gasteiger partial charge < -0.3 is 24.2 Å². The van der Waals surface area contributed by atoms with E-state index >= 15 is 0 Å². The first-order valence-corrected chi connectivity index (χ1v) is 13.1. The maximum Gasteiger partial charge on any atom is 0.300 e. The Morgan fingerprint density at radius 3 is 2.38 bits per heavy atom. The predicted molar refractivity (Wildman–Crippen MR) is 150 cm³/mol. The van der Waals surface area contributed by atoms with Crippen LogP contribution in [0, 0.1) is 0 Å². The molecule has 202 valence electrons. The number of ether oxygens (including phenoxy) is 3. The van der Waals surface area contributed by atoms with E-state index in [0.29, 0.717) is 53.8 Å². The van der Waals surface area contributed by atoms with Crippen LogP contribution in [0.5, 0.6) is 17.2 Å². The first kappa shape index (κ1) is 26.2. The van der Waals surface area contributed by atoms with E-state index in [0.717, 1.165) is 5.69 Å². The number of carbonyl (C=O) groups is 2. The molecule has 0 bridgehead atoms. The highest BCUT2D eigenvalue weighted by atomic mass is 16.5. The van der Waals surface area contributed by atoms with Crippen molar-refractivity contribution in [1.29, 1.82) is 0 Å². The Labute approximate surface area is 228 Å². The van der Waals surface area contributed by atoms with Crippen molar-refractivity contribution in [1.82, 2.24) is 0 Å². The van der Waals surface area contributed by atoms with Gasteiger partial charge in [0, 0.05) is 18.3 Å². The minimum atomic E-state index is -0.846. The monoisotopic (exact) mass is 528 g/mol. The fourth-order valence-corrected chi connectivity index (χ4v) is 4.94. The molecular weight excluding hydrogens is 496 g/mol. The average molecular weight is 529 g/mol. The lowest BCUT2D eigenvalue weighted by atomic mass is 9.94. The van der Waals surface area contributed by atoms with Gasteiger partial charge in [-0.25, -0.2) is 0 Å². The van der Waals surface area contributed by atoms with Crippen molar-refractivity contribution in [3.63, 3.8) is 0 Å². The van der Waals surface area contributed by atoms with Crippen molar-refractivity contribution in [3.05, 3.63) is 83.4 Å². The minimum Gasteiger partial charge on any atom is -0.507 e. The van der Waals surface area contributed by atoms with Crippen LogP contribution in [0.3, 0.4) is 0 Å². The second-order valence-electron chi connectivity index (χ2n) is 9.78. The quantitative estimate of drug-likeness (QED) is 0.252. The van der Waals surface area contributed by atoms with Crippen LogP contribution < -0.4 is 24.0 Å². The Morgan fingerprint density at radius 1 is 1.03 bits per heavy atom. The molecule has 1 amide bonds. The zero-order valence-corrected chi connectivity index (χ0v) is 22.5. The number of fused-ring (bicyclic) bond motifs is 1. The molecule has 1 atom stereocenters. The lowest BCUT2D eigenvalue weighted by molar-refractivity contribution is -0.132. The van der Waals surface area contributed by atoms with Gasteiger partial charge in [-0.15, -0.1) is 0 Å². The van der Waals surface area contributed by atoms with Crippen LogP contribution in [-0.2, 0) is 9.59 Å². The number of Topliss-reactive ketones (excluding diaryl/α,β-unsaturated/α-hetero) is 1. The zero-order chi connectivity index (χ0) is 27.7. The van der Waals surface area contributed by atoms with Crippen LogP contribution >= 0.6 is 0 Å². The zero-order valence-electron chi connectivity index (χ0n) is 22.5. The third-order valence-corrected chi connectivity index (χ3v) is 6.77. The SMILES string of the molecule is CCOc1ccc(N2C(=O)C(=O)/C(=C(\O)c3ccc4c(c3)N(C)CCO4)C2c2ccc(OC(C)C)cc2)cc1. The number of hydrogen-bond acceptors (Lipinski definition) is 7. The summed E-state index contributed by atoms with van der Waals surface area (Å²) in [4.78, 5) is 30.5. The Hall–Kier alpha value is -4.46. The molecule has 2 aliphatic heterocycles. The summed E-state index contributed by atoms with van der Waals surface area (Å²) in [5.41, 5.74) is 2.44. The molecule has 5 rings (SSSR count). The van der Waals surface area contributed by atoms with Gasteiger partial charge in [0.05, 0.1) is 36.6 Å². The van der Waals surface area contributed by atoms with Crippen molar-refractivity contribution in [3.8, 4) is 17.2 Å². The van der Waals surface area contributed by atoms with Crippen molar-refractivity contribution >= 4 is 28.8 Å². The summed E-state index contributed by atoms with van der Waals surface area (Å²) in [5.74, 6) is 0.320. The van der Waals surface area contributed by atoms with E-state index in [1.807, 2.05) is 44.9 Å². The summed E-state index contributed by atoms with van der Waals surface area (Å²) in [7, 11) is 1.94. The fourth-order valence-electron chi connectivity index (χ4n) is 4.94. The van der Waals surface area contributed by atoms with Crippen LogP contribution in [0.4, 0.5) is 11.4 Å². The van der Waals surface area contributed by atoms with Crippen LogP contribution in [0.15, 0.2) is 72.3 Å². The lowest BCUT2D eigenvalue weighted by Gasteiger charge is -2.28. The highest BCUT2D eigenvalue weighted by Gasteiger charge is 2.47. The van der Waals surface area contributed by atoms with Gasteiger partial charge in [0.1, 0.15) is 29.6 Å². The average Bonchev–Trinajstić information content (AvgIpc) is 3.19. The molecule has 2 heterocycles. The molecule has 1 saturated heterocycles. The second-order valence-corrected chi connectivity index (χ2v) is 9.78. The molecule has 0 saturated carbocycles. The van der Waals surface area contributed by atoms with Crippen molar-refractivity contribution < 1.29 is 28.9 Å². The highest BCUT2D eigenvalue weighted by molar-refractivity contribution is 6.51. The second kappa shape index (κ2) is 10.7. The third kappa shape index (κ3) is 5.02. The van der Waals surface area contributed by atoms with E-state index in [2.05, 4.69) is 0 Å². The first-order valence-electron chi connectivity index (χ1n) is 13.1. The number of nitrogens with zero attached hydrogens (tertiary/aromatic N) is 2. The van der Waals surface area contributed by atoms with Crippen LogP contribution in [0.2, 0.25) is 0 Å². The van der Waals surface area contributed by atoms with Gasteiger partial charge >= 0.3 is 0 Å². The van der Waals surface area contributed by atoms with E-state index in [-0.39, 0.29) is 17.4 Å². The number of aliphatic hydroxyl groups excluding tert-OH is 1. The van der Waals surface area contributed by atoms with Gasteiger partial charge in [0.2, 0.25) is 0 Å². The molecule has 0 aromatic heterocycles. The number of aliphatic hydroxyl groups is 1. The van der Waals surface area contributed by atoms with Crippen molar-refractivity contribution in [2.45, 2.75) is 32.9 Å². The molecule has 2 aliphatic rings. The molecule has 8 heteroatoms. The van der Waals surface area contributed by atoms with Gasteiger partial charge in [-0.3, -0.25) is 14.5 Å². The molecule has 0 aliphatic carbocycles. The van der Waals surface area contributed by atoms with Crippen molar-refractivity contribution in [2.75, 3.05) is 36.6 Å². The number of ketones is 1. The topological polar surface area (TPSA) is 88.5 Å². The molecule has 0 radical (unpaired) electrons. The largest absolute Gasteiger partial charge is 0.507 e. The summed E-state index contributed by atoms with van der Waals surface area (Å²) in [6, 6.07) is 18.7. The number of carbonyl (C=O) groups excluding carboxylic acids is 2. The maximum atomic E-state index is 13.5. The summed E-state index contributed by atoms with van der Waals surface area (Å²) in [5, 5.41) is 11.6. The van der Waals surface area contributed by atoms with E-state index < -0.39 is 17.7 Å². The molecule has 0 spiro atoms. The standard InChI is InChI=1S/C31H32N2O6/c1-5-37-23-13-9-22(10-14-23)33-28(20-6-11-24(12-7-20)39-19(2)3)27(30(35)31(33)36)29(34)21-8-15-26-25(18-21)32(4)16-17-38-26/h6-15,18-19,28,34H,5,16-17H2,1-4H3/b29-27-. The molecule has 39 heavy (non-hydrogen) atoms. The molecule has 3 aromatic carbocycles. The predicted octanol–water partition coefficient (Wildman–Crippen LogP) is 5.33. The van der Waals surface area contributed by atoms with Crippen LogP contribution in [0.25, 0.3) is 5.76 Å². The third-order valence-electron chi connectivity index (χ3n) is 6.77. The first-order chi connectivity index (χ1) is 18.8. The smallest absolute Gasteiger partial charge is 0.300 e. The summed E-state index contributed by atoms with van der Waals surface area (Å²) >= 11 is 0. The molecule has 3 aromatic rings.